The number of nitrogens with one attached hydrogen (secondary N) is 2. The van der Waals surface area contributed by atoms with Crippen LogP contribution in [0.1, 0.15) is 26.7 Å². The molecule has 6 heteroatoms. The minimum absolute atomic E-state index is 0.0492. The molecule has 19 heavy (non-hydrogen) atoms. The van der Waals surface area contributed by atoms with Crippen LogP contribution >= 0.6 is 0 Å². The number of ether oxygens (including phenoxy) is 1. The van der Waals surface area contributed by atoms with E-state index in [1.807, 2.05) is 13.8 Å². The van der Waals surface area contributed by atoms with Crippen molar-refractivity contribution >= 4 is 11.8 Å². The first-order valence-corrected chi connectivity index (χ1v) is 6.94. The minimum Gasteiger partial charge on any atom is -0.380 e. The zero-order valence-electron chi connectivity index (χ0n) is 12.1. The molecular formula is C13H25N3O3. The molecular weight excluding hydrogens is 246 g/mol. The average molecular weight is 271 g/mol. The van der Waals surface area contributed by atoms with Gasteiger partial charge in [0, 0.05) is 39.7 Å². The van der Waals surface area contributed by atoms with Gasteiger partial charge in [-0.1, -0.05) is 0 Å². The molecule has 2 N–H and O–H groups in total. The van der Waals surface area contributed by atoms with Crippen molar-refractivity contribution in [2.75, 3.05) is 33.3 Å². The van der Waals surface area contributed by atoms with Gasteiger partial charge < -0.3 is 20.3 Å². The SMILES string of the molecule is CCN(CC)C(=O)CCNC(=O)C1CC(OC)CN1. The first kappa shape index (κ1) is 15.9. The molecule has 110 valence electrons. The van der Waals surface area contributed by atoms with Gasteiger partial charge in [0.2, 0.25) is 11.8 Å². The quantitative estimate of drug-likeness (QED) is 0.669. The molecule has 2 amide bonds. The van der Waals surface area contributed by atoms with Gasteiger partial charge in [-0.25, -0.2) is 0 Å². The zero-order chi connectivity index (χ0) is 14.3. The van der Waals surface area contributed by atoms with E-state index >= 15 is 0 Å². The lowest BCUT2D eigenvalue weighted by molar-refractivity contribution is -0.130. The van der Waals surface area contributed by atoms with E-state index < -0.39 is 0 Å². The molecule has 1 heterocycles. The number of carbonyl (C=O) groups is 2. The third kappa shape index (κ3) is 4.80. The molecule has 1 aliphatic rings. The zero-order valence-corrected chi connectivity index (χ0v) is 12.1. The summed E-state index contributed by atoms with van der Waals surface area (Å²) in [6.07, 6.45) is 1.15. The Kier molecular flexibility index (Phi) is 6.80. The van der Waals surface area contributed by atoms with Gasteiger partial charge in [-0.05, 0) is 20.3 Å². The Morgan fingerprint density at radius 1 is 1.37 bits per heavy atom. The fourth-order valence-electron chi connectivity index (χ4n) is 2.23. The Morgan fingerprint density at radius 3 is 2.58 bits per heavy atom. The highest BCUT2D eigenvalue weighted by atomic mass is 16.5. The maximum absolute atomic E-state index is 11.8. The van der Waals surface area contributed by atoms with Crippen molar-refractivity contribution in [3.63, 3.8) is 0 Å². The highest BCUT2D eigenvalue weighted by Crippen LogP contribution is 2.09. The van der Waals surface area contributed by atoms with Gasteiger partial charge in [0.1, 0.15) is 0 Å². The van der Waals surface area contributed by atoms with E-state index in [0.29, 0.717) is 39.0 Å². The molecule has 0 saturated carbocycles. The van der Waals surface area contributed by atoms with E-state index in [-0.39, 0.29) is 24.0 Å². The second-order valence-electron chi connectivity index (χ2n) is 4.66. The van der Waals surface area contributed by atoms with Gasteiger partial charge in [0.25, 0.3) is 0 Å². The van der Waals surface area contributed by atoms with Crippen LogP contribution in [0.3, 0.4) is 0 Å². The lowest BCUT2D eigenvalue weighted by Gasteiger charge is -2.19. The minimum atomic E-state index is -0.200. The molecule has 1 saturated heterocycles. The number of hydrogen-bond acceptors (Lipinski definition) is 4. The average Bonchev–Trinajstić information content (AvgIpc) is 2.89. The maximum Gasteiger partial charge on any atom is 0.237 e. The van der Waals surface area contributed by atoms with Crippen LogP contribution in [0, 0.1) is 0 Å². The molecule has 1 fully saturated rings. The molecule has 1 aliphatic heterocycles. The summed E-state index contributed by atoms with van der Waals surface area (Å²) in [5.41, 5.74) is 0. The normalized spacial score (nSPS) is 22.3. The van der Waals surface area contributed by atoms with E-state index in [9.17, 15) is 9.59 Å². The Morgan fingerprint density at radius 2 is 2.05 bits per heavy atom. The van der Waals surface area contributed by atoms with Gasteiger partial charge in [0.05, 0.1) is 12.1 Å². The van der Waals surface area contributed by atoms with Crippen molar-refractivity contribution in [2.24, 2.45) is 0 Å². The van der Waals surface area contributed by atoms with Gasteiger partial charge in [-0.15, -0.1) is 0 Å². The van der Waals surface area contributed by atoms with Gasteiger partial charge >= 0.3 is 0 Å². The predicted octanol–water partition coefficient (Wildman–Crippen LogP) is -0.262. The third-order valence-corrected chi connectivity index (χ3v) is 3.49. The number of rotatable bonds is 7. The summed E-state index contributed by atoms with van der Waals surface area (Å²) in [4.78, 5) is 25.4. The summed E-state index contributed by atoms with van der Waals surface area (Å²) >= 11 is 0. The molecule has 0 aliphatic carbocycles. The second kappa shape index (κ2) is 8.12. The molecule has 0 aromatic heterocycles. The molecule has 0 bridgehead atoms. The summed E-state index contributed by atoms with van der Waals surface area (Å²) in [7, 11) is 1.65. The van der Waals surface area contributed by atoms with Crippen LogP contribution in [0.5, 0.6) is 0 Å². The van der Waals surface area contributed by atoms with Crippen LogP contribution < -0.4 is 10.6 Å². The molecule has 0 spiro atoms. The van der Waals surface area contributed by atoms with Crippen molar-refractivity contribution in [3.8, 4) is 0 Å². The Labute approximate surface area is 114 Å². The fraction of sp³-hybridized carbons (Fsp3) is 0.846. The highest BCUT2D eigenvalue weighted by Gasteiger charge is 2.29. The van der Waals surface area contributed by atoms with Crippen molar-refractivity contribution in [3.05, 3.63) is 0 Å². The molecule has 6 nitrogen and oxygen atoms in total. The second-order valence-corrected chi connectivity index (χ2v) is 4.66. The van der Waals surface area contributed by atoms with Crippen molar-refractivity contribution in [1.82, 2.24) is 15.5 Å². The fourth-order valence-corrected chi connectivity index (χ4v) is 2.23. The van der Waals surface area contributed by atoms with E-state index in [0.717, 1.165) is 0 Å². The number of amides is 2. The van der Waals surface area contributed by atoms with Crippen molar-refractivity contribution in [1.29, 1.82) is 0 Å². The Hall–Kier alpha value is -1.14. The lowest BCUT2D eigenvalue weighted by Crippen LogP contribution is -2.42. The van der Waals surface area contributed by atoms with Crippen LogP contribution in [-0.2, 0) is 14.3 Å². The summed E-state index contributed by atoms with van der Waals surface area (Å²) in [6.45, 7) is 6.42. The van der Waals surface area contributed by atoms with Crippen molar-refractivity contribution in [2.45, 2.75) is 38.8 Å². The van der Waals surface area contributed by atoms with Crippen LogP contribution in [0.4, 0.5) is 0 Å². The highest BCUT2D eigenvalue weighted by molar-refractivity contribution is 5.83. The Bertz CT molecular complexity index is 306. The topological polar surface area (TPSA) is 70.7 Å². The molecule has 2 atom stereocenters. The molecule has 1 rings (SSSR count). The number of carbonyl (C=O) groups excluding carboxylic acids is 2. The summed E-state index contributed by atoms with van der Waals surface area (Å²) in [6, 6.07) is -0.200. The van der Waals surface area contributed by atoms with E-state index in [4.69, 9.17) is 4.74 Å². The van der Waals surface area contributed by atoms with Gasteiger partial charge in [0.15, 0.2) is 0 Å². The summed E-state index contributed by atoms with van der Waals surface area (Å²) in [5, 5.41) is 5.91. The van der Waals surface area contributed by atoms with Crippen LogP contribution in [0.25, 0.3) is 0 Å². The van der Waals surface area contributed by atoms with Gasteiger partial charge in [-0.3, -0.25) is 9.59 Å². The first-order valence-electron chi connectivity index (χ1n) is 6.94. The molecule has 2 unspecified atom stereocenters. The van der Waals surface area contributed by atoms with Crippen LogP contribution in [0.15, 0.2) is 0 Å². The summed E-state index contributed by atoms with van der Waals surface area (Å²) in [5.74, 6) is 0.0337. The van der Waals surface area contributed by atoms with E-state index in [1.54, 1.807) is 12.0 Å². The van der Waals surface area contributed by atoms with Crippen LogP contribution in [0.2, 0.25) is 0 Å². The van der Waals surface area contributed by atoms with E-state index in [2.05, 4.69) is 10.6 Å². The van der Waals surface area contributed by atoms with Crippen molar-refractivity contribution < 1.29 is 14.3 Å². The molecule has 0 radical (unpaired) electrons. The smallest absolute Gasteiger partial charge is 0.237 e. The van der Waals surface area contributed by atoms with Gasteiger partial charge in [-0.2, -0.15) is 0 Å². The predicted molar refractivity (Wildman–Crippen MR) is 72.8 cm³/mol. The van der Waals surface area contributed by atoms with Crippen LogP contribution in [-0.4, -0.2) is 62.1 Å². The number of hydrogen-bond donors (Lipinski definition) is 2. The Balaban J connectivity index is 2.22. The first-order chi connectivity index (χ1) is 9.12. The third-order valence-electron chi connectivity index (χ3n) is 3.49. The maximum atomic E-state index is 11.8. The monoisotopic (exact) mass is 271 g/mol. The standard InChI is InChI=1S/C13H25N3O3/c1-4-16(5-2)12(17)6-7-14-13(18)11-8-10(19-3)9-15-11/h10-11,15H,4-9H2,1-3H3,(H,14,18). The molecule has 0 aromatic carbocycles. The summed E-state index contributed by atoms with van der Waals surface area (Å²) < 4.78 is 5.19. The largest absolute Gasteiger partial charge is 0.380 e. The lowest BCUT2D eigenvalue weighted by atomic mass is 10.2. The number of nitrogens with zero attached hydrogens (tertiary/aromatic N) is 1. The van der Waals surface area contributed by atoms with E-state index in [1.165, 1.54) is 0 Å². The molecule has 0 aromatic rings. The number of methoxy groups -OCH3 is 1.